The van der Waals surface area contributed by atoms with Crippen LogP contribution in [0.5, 0.6) is 0 Å². The molecule has 0 spiro atoms. The molecule has 2 N–H and O–H groups in total. The van der Waals surface area contributed by atoms with Crippen molar-refractivity contribution in [3.63, 3.8) is 0 Å². The Kier molecular flexibility index (Phi) is 22.4. The summed E-state index contributed by atoms with van der Waals surface area (Å²) in [5.74, 6) is 2.73. The number of amidine groups is 2. The van der Waals surface area contributed by atoms with Crippen molar-refractivity contribution in [2.24, 2.45) is 15.9 Å². The number of benzene rings is 1. The number of aliphatic imine (C=N–C) groups is 2. The van der Waals surface area contributed by atoms with E-state index in [4.69, 9.17) is 9.90 Å². The lowest BCUT2D eigenvalue weighted by molar-refractivity contribution is -0.134. The molecule has 0 radical (unpaired) electrons. The van der Waals surface area contributed by atoms with Crippen molar-refractivity contribution in [2.75, 3.05) is 6.54 Å². The van der Waals surface area contributed by atoms with Crippen LogP contribution in [0.2, 0.25) is 0 Å². The van der Waals surface area contributed by atoms with E-state index >= 15 is 0 Å². The maximum Gasteiger partial charge on any atom is 0.300 e. The average Bonchev–Trinajstić information content (AvgIpc) is 2.98. The number of aromatic nitrogens is 1. The highest BCUT2D eigenvalue weighted by molar-refractivity contribution is 5.98. The van der Waals surface area contributed by atoms with Gasteiger partial charge in [-0.3, -0.25) is 14.8 Å². The Morgan fingerprint density at radius 3 is 2.07 bits per heavy atom. The zero-order valence-corrected chi connectivity index (χ0v) is 27.9. The molecule has 0 saturated heterocycles. The van der Waals surface area contributed by atoms with Gasteiger partial charge in [0.15, 0.2) is 0 Å². The monoisotopic (exact) mass is 578 g/mol. The molecule has 6 heteroatoms. The maximum atomic E-state index is 9.00. The minimum atomic E-state index is -0.833. The van der Waals surface area contributed by atoms with Gasteiger partial charge in [0.05, 0.1) is 5.84 Å². The molecule has 1 aliphatic carbocycles. The highest BCUT2D eigenvalue weighted by Crippen LogP contribution is 2.36. The summed E-state index contributed by atoms with van der Waals surface area (Å²) in [6, 6.07) is 13.7. The Morgan fingerprint density at radius 1 is 0.952 bits per heavy atom. The lowest BCUT2D eigenvalue weighted by Crippen LogP contribution is -2.25. The van der Waals surface area contributed by atoms with Gasteiger partial charge in [-0.15, -0.1) is 0 Å². The topological polar surface area (TPSA) is 86.9 Å². The molecule has 0 aliphatic heterocycles. The molecule has 0 bridgehead atoms. The van der Waals surface area contributed by atoms with E-state index in [0.717, 1.165) is 56.2 Å². The van der Waals surface area contributed by atoms with Gasteiger partial charge in [-0.05, 0) is 107 Å². The number of carboxylic acid groups (broad SMARTS) is 1. The Hall–Kier alpha value is -3.28. The molecule has 0 atom stereocenters. The molecule has 1 aliphatic rings. The molecule has 2 aromatic rings. The molecule has 3 rings (SSSR count). The smallest absolute Gasteiger partial charge is 0.300 e. The number of aliphatic carboxylic acids is 1. The summed E-state index contributed by atoms with van der Waals surface area (Å²) in [6.45, 7) is 18.3. The largest absolute Gasteiger partial charge is 0.481 e. The van der Waals surface area contributed by atoms with E-state index < -0.39 is 5.97 Å². The van der Waals surface area contributed by atoms with Crippen molar-refractivity contribution in [3.05, 3.63) is 77.3 Å². The first-order valence-corrected chi connectivity index (χ1v) is 15.9. The minimum Gasteiger partial charge on any atom is -0.481 e. The number of carboxylic acids is 1. The molecule has 1 heterocycles. The lowest BCUT2D eigenvalue weighted by atomic mass is 9.78. The Morgan fingerprint density at radius 2 is 1.57 bits per heavy atom. The molecule has 0 unspecified atom stereocenters. The third-order valence-corrected chi connectivity index (χ3v) is 6.88. The quantitative estimate of drug-likeness (QED) is 0.241. The van der Waals surface area contributed by atoms with Crippen molar-refractivity contribution >= 4 is 17.6 Å². The van der Waals surface area contributed by atoms with Crippen LogP contribution in [0.25, 0.3) is 0 Å². The molecular formula is C36H58N4O2. The van der Waals surface area contributed by atoms with Crippen molar-refractivity contribution in [2.45, 2.75) is 120 Å². The molecule has 1 fully saturated rings. The number of nitrogens with zero attached hydrogens (tertiary/aromatic N) is 3. The van der Waals surface area contributed by atoms with Crippen LogP contribution in [0.3, 0.4) is 0 Å². The highest BCUT2D eigenvalue weighted by atomic mass is 16.4. The SMILES string of the molecule is CC.CC(=O)O.CC/C=C/N=C(C)NC(C)=NCC.CCC1CCC(c2ccc(CCc3ccc(C)cn3)cc2)CC1. The zero-order chi connectivity index (χ0) is 31.8. The first-order valence-electron chi connectivity index (χ1n) is 15.9. The number of carbonyl (C=O) groups is 1. The molecule has 0 amide bonds. The second kappa shape index (κ2) is 24.3. The fourth-order valence-electron chi connectivity index (χ4n) is 4.62. The van der Waals surface area contributed by atoms with E-state index in [2.05, 4.69) is 77.5 Å². The lowest BCUT2D eigenvalue weighted by Gasteiger charge is -2.28. The first kappa shape index (κ1) is 38.7. The van der Waals surface area contributed by atoms with Crippen LogP contribution in [-0.4, -0.2) is 34.3 Å². The van der Waals surface area contributed by atoms with Crippen molar-refractivity contribution in [1.29, 1.82) is 0 Å². The number of nitrogens with one attached hydrogen (secondary N) is 1. The van der Waals surface area contributed by atoms with Crippen LogP contribution in [-0.2, 0) is 17.6 Å². The molecule has 42 heavy (non-hydrogen) atoms. The van der Waals surface area contributed by atoms with E-state index in [9.17, 15) is 0 Å². The van der Waals surface area contributed by atoms with E-state index in [1.54, 1.807) is 5.56 Å². The number of pyridine rings is 1. The van der Waals surface area contributed by atoms with Gasteiger partial charge in [0, 0.05) is 31.6 Å². The number of rotatable bonds is 8. The summed E-state index contributed by atoms with van der Waals surface area (Å²) in [5, 5.41) is 10.5. The standard InChI is InChI=1S/C22H29N.C10H19N3.C2H4O2.C2H6/c1-3-18-5-10-20(11-6-18)21-12-7-19(8-13-21)9-15-22-14-4-17(2)16-23-22;1-5-7-8-12-10(4)13-9(3)11-6-2;1-2(3)4;1-2/h4,7-8,12-14,16,18,20H,3,5-6,9-11,15H2,1-2H3;7-8H,5-6H2,1-4H3,(H,11,12,13);1H3,(H,3,4);1-2H3/b;8-7+;;. The van der Waals surface area contributed by atoms with Gasteiger partial charge in [-0.1, -0.05) is 70.5 Å². The summed E-state index contributed by atoms with van der Waals surface area (Å²) >= 11 is 0. The van der Waals surface area contributed by atoms with Crippen LogP contribution in [0.1, 0.15) is 122 Å². The molecular weight excluding hydrogens is 520 g/mol. The number of aryl methyl sites for hydroxylation is 3. The van der Waals surface area contributed by atoms with Gasteiger partial charge in [0.1, 0.15) is 5.84 Å². The number of hydrogen-bond acceptors (Lipinski definition) is 4. The van der Waals surface area contributed by atoms with Gasteiger partial charge in [0.25, 0.3) is 5.97 Å². The normalized spacial score (nSPS) is 16.7. The third kappa shape index (κ3) is 19.0. The number of allylic oxidation sites excluding steroid dienone is 1. The van der Waals surface area contributed by atoms with Gasteiger partial charge < -0.3 is 10.4 Å². The average molecular weight is 579 g/mol. The Labute approximate surface area is 256 Å². The fraction of sp³-hybridized carbons (Fsp3) is 0.556. The molecule has 6 nitrogen and oxygen atoms in total. The molecule has 1 aromatic heterocycles. The summed E-state index contributed by atoms with van der Waals surface area (Å²) < 4.78 is 0. The van der Waals surface area contributed by atoms with Gasteiger partial charge in [-0.25, -0.2) is 4.99 Å². The Bertz CT molecular complexity index is 1040. The van der Waals surface area contributed by atoms with E-state index in [1.807, 2.05) is 53.1 Å². The van der Waals surface area contributed by atoms with E-state index in [-0.39, 0.29) is 0 Å². The zero-order valence-electron chi connectivity index (χ0n) is 27.9. The van der Waals surface area contributed by atoms with Crippen LogP contribution >= 0.6 is 0 Å². The number of hydrogen-bond donors (Lipinski definition) is 2. The van der Waals surface area contributed by atoms with Crippen molar-refractivity contribution < 1.29 is 9.90 Å². The van der Waals surface area contributed by atoms with Crippen LogP contribution in [0.15, 0.2) is 64.9 Å². The summed E-state index contributed by atoms with van der Waals surface area (Å²) in [6.07, 6.45) is 15.9. The first-order chi connectivity index (χ1) is 20.2. The second-order valence-corrected chi connectivity index (χ2v) is 10.4. The Balaban J connectivity index is 0.000000752. The third-order valence-electron chi connectivity index (χ3n) is 6.88. The van der Waals surface area contributed by atoms with Gasteiger partial charge >= 0.3 is 0 Å². The van der Waals surface area contributed by atoms with Crippen LogP contribution < -0.4 is 5.32 Å². The minimum absolute atomic E-state index is 0.797. The van der Waals surface area contributed by atoms with Crippen LogP contribution in [0.4, 0.5) is 0 Å². The fourth-order valence-corrected chi connectivity index (χ4v) is 4.62. The summed E-state index contributed by atoms with van der Waals surface area (Å²) in [4.78, 5) is 21.9. The van der Waals surface area contributed by atoms with Crippen molar-refractivity contribution in [3.8, 4) is 0 Å². The predicted molar refractivity (Wildman–Crippen MR) is 182 cm³/mol. The highest BCUT2D eigenvalue weighted by Gasteiger charge is 2.21. The maximum absolute atomic E-state index is 9.00. The second-order valence-electron chi connectivity index (χ2n) is 10.4. The van der Waals surface area contributed by atoms with E-state index in [0.29, 0.717) is 0 Å². The molecule has 1 aromatic carbocycles. The van der Waals surface area contributed by atoms with Crippen molar-refractivity contribution in [1.82, 2.24) is 10.3 Å². The summed E-state index contributed by atoms with van der Waals surface area (Å²) in [5.41, 5.74) is 5.41. The van der Waals surface area contributed by atoms with Crippen LogP contribution in [0, 0.1) is 12.8 Å². The van der Waals surface area contributed by atoms with Gasteiger partial charge in [-0.2, -0.15) is 0 Å². The summed E-state index contributed by atoms with van der Waals surface area (Å²) in [7, 11) is 0. The molecule has 234 valence electrons. The molecule has 1 saturated carbocycles. The predicted octanol–water partition coefficient (Wildman–Crippen LogP) is 9.33. The van der Waals surface area contributed by atoms with E-state index in [1.165, 1.54) is 48.9 Å². The van der Waals surface area contributed by atoms with Gasteiger partial charge in [0.2, 0.25) is 0 Å².